The standard InChI is InChI=1S/C19H23F2N3O3S/c1-4-5-15(18(27)24-19-22-10(2)17(28-19)11(3)25)23-16(26)8-12-6-13(20)9-14(21)7-12/h6-7,9,11,15,25H,4-5,8H2,1-3H3,(H,23,26)(H,22,24,27). The van der Waals surface area contributed by atoms with E-state index < -0.39 is 35.6 Å². The van der Waals surface area contributed by atoms with E-state index in [0.717, 1.165) is 18.2 Å². The molecular formula is C19H23F2N3O3S. The van der Waals surface area contributed by atoms with Crippen LogP contribution in [0.15, 0.2) is 18.2 Å². The molecule has 3 N–H and O–H groups in total. The Bertz CT molecular complexity index is 835. The van der Waals surface area contributed by atoms with Crippen molar-refractivity contribution in [3.8, 4) is 0 Å². The van der Waals surface area contributed by atoms with E-state index in [1.165, 1.54) is 11.3 Å². The number of hydrogen-bond donors (Lipinski definition) is 3. The minimum absolute atomic E-state index is 0.183. The van der Waals surface area contributed by atoms with E-state index in [0.29, 0.717) is 28.5 Å². The first-order valence-electron chi connectivity index (χ1n) is 8.90. The van der Waals surface area contributed by atoms with Crippen LogP contribution in [0.25, 0.3) is 0 Å². The summed E-state index contributed by atoms with van der Waals surface area (Å²) in [4.78, 5) is 29.7. The SMILES string of the molecule is CCCC(NC(=O)Cc1cc(F)cc(F)c1)C(=O)Nc1nc(C)c(C(C)O)s1. The van der Waals surface area contributed by atoms with Crippen LogP contribution in [0.1, 0.15) is 48.9 Å². The second-order valence-corrected chi connectivity index (χ2v) is 7.53. The summed E-state index contributed by atoms with van der Waals surface area (Å²) in [6.45, 7) is 5.21. The maximum absolute atomic E-state index is 13.3. The number of aliphatic hydroxyl groups is 1. The van der Waals surface area contributed by atoms with Gasteiger partial charge >= 0.3 is 0 Å². The lowest BCUT2D eigenvalue weighted by atomic mass is 10.1. The van der Waals surface area contributed by atoms with Gasteiger partial charge in [-0.3, -0.25) is 9.59 Å². The smallest absolute Gasteiger partial charge is 0.248 e. The third kappa shape index (κ3) is 6.07. The Kier molecular flexibility index (Phi) is 7.59. The van der Waals surface area contributed by atoms with Crippen molar-refractivity contribution in [3.05, 3.63) is 46.0 Å². The summed E-state index contributed by atoms with van der Waals surface area (Å²) in [6, 6.07) is 2.07. The molecule has 1 heterocycles. The molecule has 0 saturated heterocycles. The number of nitrogens with one attached hydrogen (secondary N) is 2. The molecule has 6 nitrogen and oxygen atoms in total. The monoisotopic (exact) mass is 411 g/mol. The highest BCUT2D eigenvalue weighted by molar-refractivity contribution is 7.16. The molecule has 2 aromatic rings. The number of thiazole rings is 1. The van der Waals surface area contributed by atoms with E-state index in [1.54, 1.807) is 13.8 Å². The van der Waals surface area contributed by atoms with Crippen LogP contribution >= 0.6 is 11.3 Å². The predicted octanol–water partition coefficient (Wildman–Crippen LogP) is 3.25. The van der Waals surface area contributed by atoms with Gasteiger partial charge in [-0.1, -0.05) is 24.7 Å². The molecule has 28 heavy (non-hydrogen) atoms. The van der Waals surface area contributed by atoms with Gasteiger partial charge in [0.1, 0.15) is 17.7 Å². The van der Waals surface area contributed by atoms with E-state index in [4.69, 9.17) is 0 Å². The van der Waals surface area contributed by atoms with Gasteiger partial charge in [0.05, 0.1) is 23.1 Å². The Labute approximate surface area is 166 Å². The molecule has 2 unspecified atom stereocenters. The number of halogens is 2. The lowest BCUT2D eigenvalue weighted by Crippen LogP contribution is -2.44. The van der Waals surface area contributed by atoms with Gasteiger partial charge < -0.3 is 15.7 Å². The minimum atomic E-state index is -0.810. The van der Waals surface area contributed by atoms with Gasteiger partial charge in [-0.05, 0) is 38.0 Å². The first-order chi connectivity index (χ1) is 13.2. The van der Waals surface area contributed by atoms with E-state index in [9.17, 15) is 23.5 Å². The van der Waals surface area contributed by atoms with Crippen LogP contribution in [0, 0.1) is 18.6 Å². The maximum Gasteiger partial charge on any atom is 0.248 e. The molecule has 9 heteroatoms. The summed E-state index contributed by atoms with van der Waals surface area (Å²) in [7, 11) is 0. The van der Waals surface area contributed by atoms with E-state index in [-0.39, 0.29) is 12.0 Å². The quantitative estimate of drug-likeness (QED) is 0.622. The van der Waals surface area contributed by atoms with Crippen LogP contribution in [0.2, 0.25) is 0 Å². The van der Waals surface area contributed by atoms with Crippen molar-refractivity contribution in [2.45, 2.75) is 52.2 Å². The molecule has 0 spiro atoms. The molecule has 0 radical (unpaired) electrons. The first-order valence-corrected chi connectivity index (χ1v) is 9.71. The van der Waals surface area contributed by atoms with E-state index >= 15 is 0 Å². The van der Waals surface area contributed by atoms with Gasteiger partial charge in [0.25, 0.3) is 0 Å². The number of aryl methyl sites for hydroxylation is 1. The second kappa shape index (κ2) is 9.70. The molecule has 1 aromatic carbocycles. The van der Waals surface area contributed by atoms with Gasteiger partial charge in [-0.2, -0.15) is 0 Å². The molecule has 0 aliphatic heterocycles. The molecule has 2 amide bonds. The molecule has 152 valence electrons. The van der Waals surface area contributed by atoms with Crippen LogP contribution in [0.5, 0.6) is 0 Å². The zero-order chi connectivity index (χ0) is 20.8. The van der Waals surface area contributed by atoms with Crippen molar-refractivity contribution in [2.75, 3.05) is 5.32 Å². The lowest BCUT2D eigenvalue weighted by molar-refractivity contribution is -0.126. The van der Waals surface area contributed by atoms with Gasteiger partial charge in [-0.25, -0.2) is 13.8 Å². The normalized spacial score (nSPS) is 13.1. The number of aliphatic hydroxyl groups excluding tert-OH is 1. The largest absolute Gasteiger partial charge is 0.388 e. The molecule has 0 fully saturated rings. The van der Waals surface area contributed by atoms with E-state index in [1.807, 2.05) is 6.92 Å². The molecule has 2 atom stereocenters. The summed E-state index contributed by atoms with van der Waals surface area (Å²) in [5.74, 6) is -2.48. The topological polar surface area (TPSA) is 91.3 Å². The number of carbonyl (C=O) groups excluding carboxylic acids is 2. The number of benzene rings is 1. The molecule has 2 rings (SSSR count). The zero-order valence-electron chi connectivity index (χ0n) is 15.9. The van der Waals surface area contributed by atoms with Crippen molar-refractivity contribution in [1.82, 2.24) is 10.3 Å². The maximum atomic E-state index is 13.3. The number of nitrogens with zero attached hydrogens (tertiary/aromatic N) is 1. The van der Waals surface area contributed by atoms with Crippen molar-refractivity contribution in [2.24, 2.45) is 0 Å². The number of amides is 2. The third-order valence-electron chi connectivity index (χ3n) is 3.96. The number of aromatic nitrogens is 1. The molecule has 0 aliphatic rings. The Morgan fingerprint density at radius 3 is 2.43 bits per heavy atom. The highest BCUT2D eigenvalue weighted by Gasteiger charge is 2.22. The number of anilines is 1. The fraction of sp³-hybridized carbons (Fsp3) is 0.421. The van der Waals surface area contributed by atoms with Crippen LogP contribution in [-0.4, -0.2) is 27.9 Å². The van der Waals surface area contributed by atoms with E-state index in [2.05, 4.69) is 15.6 Å². The van der Waals surface area contributed by atoms with Crippen LogP contribution in [0.3, 0.4) is 0 Å². The highest BCUT2D eigenvalue weighted by Crippen LogP contribution is 2.28. The highest BCUT2D eigenvalue weighted by atomic mass is 32.1. The summed E-state index contributed by atoms with van der Waals surface area (Å²) in [5.41, 5.74) is 0.808. The average molecular weight is 411 g/mol. The first kappa shape index (κ1) is 21.9. The minimum Gasteiger partial charge on any atom is -0.388 e. The Morgan fingerprint density at radius 2 is 1.89 bits per heavy atom. The second-order valence-electron chi connectivity index (χ2n) is 6.50. The van der Waals surface area contributed by atoms with Crippen molar-refractivity contribution >= 4 is 28.3 Å². The average Bonchev–Trinajstić information content (AvgIpc) is 2.94. The predicted molar refractivity (Wildman–Crippen MR) is 103 cm³/mol. The fourth-order valence-electron chi connectivity index (χ4n) is 2.74. The number of hydrogen-bond acceptors (Lipinski definition) is 5. The third-order valence-corrected chi connectivity index (χ3v) is 5.20. The molecule has 0 bridgehead atoms. The lowest BCUT2D eigenvalue weighted by Gasteiger charge is -2.17. The molecule has 0 aliphatic carbocycles. The summed E-state index contributed by atoms with van der Waals surface area (Å²) >= 11 is 1.17. The Hall–Kier alpha value is -2.39. The summed E-state index contributed by atoms with van der Waals surface area (Å²) < 4.78 is 26.5. The van der Waals surface area contributed by atoms with Gasteiger partial charge in [0.15, 0.2) is 5.13 Å². The van der Waals surface area contributed by atoms with Crippen molar-refractivity contribution in [1.29, 1.82) is 0 Å². The van der Waals surface area contributed by atoms with Crippen LogP contribution < -0.4 is 10.6 Å². The molecule has 1 aromatic heterocycles. The van der Waals surface area contributed by atoms with Gasteiger partial charge in [-0.15, -0.1) is 0 Å². The van der Waals surface area contributed by atoms with Crippen LogP contribution in [0.4, 0.5) is 13.9 Å². The van der Waals surface area contributed by atoms with Gasteiger partial charge in [0, 0.05) is 6.07 Å². The van der Waals surface area contributed by atoms with Crippen LogP contribution in [-0.2, 0) is 16.0 Å². The summed E-state index contributed by atoms with van der Waals surface area (Å²) in [5, 5.41) is 15.3. The Balaban J connectivity index is 2.03. The fourth-order valence-corrected chi connectivity index (χ4v) is 3.65. The van der Waals surface area contributed by atoms with Crippen molar-refractivity contribution < 1.29 is 23.5 Å². The van der Waals surface area contributed by atoms with Crippen molar-refractivity contribution in [3.63, 3.8) is 0 Å². The van der Waals surface area contributed by atoms with Gasteiger partial charge in [0.2, 0.25) is 11.8 Å². The number of rotatable bonds is 8. The zero-order valence-corrected chi connectivity index (χ0v) is 16.7. The Morgan fingerprint density at radius 1 is 1.25 bits per heavy atom. The summed E-state index contributed by atoms with van der Waals surface area (Å²) in [6.07, 6.45) is 0.0943. The molecule has 0 saturated carbocycles. The number of carbonyl (C=O) groups is 2. The molecular weight excluding hydrogens is 388 g/mol.